The third-order valence-corrected chi connectivity index (χ3v) is 3.40. The SMILES string of the molecule is O=C(Cl)CCCCC(Cl)C(=O)CCCCCCl. The van der Waals surface area contributed by atoms with E-state index in [9.17, 15) is 9.59 Å². The zero-order valence-corrected chi connectivity index (χ0v) is 12.2. The second kappa shape index (κ2) is 11.3. The lowest BCUT2D eigenvalue weighted by atomic mass is 10.0. The van der Waals surface area contributed by atoms with Crippen LogP contribution in [-0.4, -0.2) is 22.3 Å². The largest absolute Gasteiger partial charge is 0.298 e. The van der Waals surface area contributed by atoms with Crippen molar-refractivity contribution in [3.8, 4) is 0 Å². The van der Waals surface area contributed by atoms with Crippen LogP contribution in [0.15, 0.2) is 0 Å². The van der Waals surface area contributed by atoms with Crippen molar-refractivity contribution >= 4 is 45.8 Å². The second-order valence-electron chi connectivity index (χ2n) is 4.03. The van der Waals surface area contributed by atoms with Gasteiger partial charge < -0.3 is 0 Å². The van der Waals surface area contributed by atoms with E-state index in [-0.39, 0.29) is 11.0 Å². The molecule has 0 bridgehead atoms. The van der Waals surface area contributed by atoms with Gasteiger partial charge in [-0.3, -0.25) is 9.59 Å². The van der Waals surface area contributed by atoms with Crippen LogP contribution in [-0.2, 0) is 9.59 Å². The highest BCUT2D eigenvalue weighted by atomic mass is 35.5. The van der Waals surface area contributed by atoms with Gasteiger partial charge in [0.15, 0.2) is 5.78 Å². The highest BCUT2D eigenvalue weighted by Gasteiger charge is 2.14. The molecular formula is C12H19Cl3O2. The molecule has 0 radical (unpaired) electrons. The van der Waals surface area contributed by atoms with Crippen molar-refractivity contribution in [1.82, 2.24) is 0 Å². The van der Waals surface area contributed by atoms with Crippen LogP contribution in [0, 0.1) is 0 Å². The highest BCUT2D eigenvalue weighted by molar-refractivity contribution is 6.63. The minimum atomic E-state index is -0.420. The summed E-state index contributed by atoms with van der Waals surface area (Å²) in [6, 6.07) is 0. The molecule has 0 spiro atoms. The first kappa shape index (κ1) is 17.2. The number of hydrogen-bond donors (Lipinski definition) is 0. The lowest BCUT2D eigenvalue weighted by Crippen LogP contribution is -2.14. The van der Waals surface area contributed by atoms with Crippen molar-refractivity contribution < 1.29 is 9.59 Å². The maximum absolute atomic E-state index is 11.6. The average molecular weight is 302 g/mol. The number of hydrogen-bond acceptors (Lipinski definition) is 2. The fourth-order valence-electron chi connectivity index (χ4n) is 1.48. The molecule has 0 aromatic carbocycles. The smallest absolute Gasteiger partial charge is 0.221 e. The molecule has 5 heteroatoms. The van der Waals surface area contributed by atoms with E-state index in [4.69, 9.17) is 34.8 Å². The van der Waals surface area contributed by atoms with Gasteiger partial charge in [0.25, 0.3) is 0 Å². The summed E-state index contributed by atoms with van der Waals surface area (Å²) in [5, 5.41) is -0.750. The van der Waals surface area contributed by atoms with Gasteiger partial charge in [0.1, 0.15) is 0 Å². The summed E-state index contributed by atoms with van der Waals surface area (Å²) in [6.45, 7) is 0. The highest BCUT2D eigenvalue weighted by Crippen LogP contribution is 2.14. The molecule has 0 saturated heterocycles. The normalized spacial score (nSPS) is 12.4. The van der Waals surface area contributed by atoms with Gasteiger partial charge in [0.05, 0.1) is 5.38 Å². The molecule has 0 N–H and O–H groups in total. The molecule has 0 fully saturated rings. The maximum Gasteiger partial charge on any atom is 0.221 e. The average Bonchev–Trinajstić information content (AvgIpc) is 2.29. The van der Waals surface area contributed by atoms with Crippen LogP contribution in [0.25, 0.3) is 0 Å². The van der Waals surface area contributed by atoms with Crippen molar-refractivity contribution in [2.45, 2.75) is 56.7 Å². The number of Topliss-reactive ketones (excluding diaryl/α,β-unsaturated/α-hetero) is 1. The predicted octanol–water partition coefficient (Wildman–Crippen LogP) is 4.29. The number of ketones is 1. The number of carbonyl (C=O) groups is 2. The van der Waals surface area contributed by atoms with E-state index in [1.54, 1.807) is 0 Å². The van der Waals surface area contributed by atoms with Crippen LogP contribution >= 0.6 is 34.8 Å². The Hall–Kier alpha value is 0.210. The van der Waals surface area contributed by atoms with Crippen LogP contribution < -0.4 is 0 Å². The summed E-state index contributed by atoms with van der Waals surface area (Å²) < 4.78 is 0. The topological polar surface area (TPSA) is 34.1 Å². The Morgan fingerprint density at radius 1 is 0.941 bits per heavy atom. The van der Waals surface area contributed by atoms with Crippen molar-refractivity contribution in [3.05, 3.63) is 0 Å². The van der Waals surface area contributed by atoms with Crippen molar-refractivity contribution in [3.63, 3.8) is 0 Å². The molecule has 0 aromatic heterocycles. The van der Waals surface area contributed by atoms with E-state index in [0.717, 1.165) is 25.7 Å². The third kappa shape index (κ3) is 11.1. The summed E-state index contributed by atoms with van der Waals surface area (Å²) in [4.78, 5) is 22.1. The number of alkyl halides is 2. The Balaban J connectivity index is 3.50. The van der Waals surface area contributed by atoms with Gasteiger partial charge in [-0.15, -0.1) is 23.2 Å². The van der Waals surface area contributed by atoms with Crippen molar-refractivity contribution in [1.29, 1.82) is 0 Å². The van der Waals surface area contributed by atoms with E-state index < -0.39 is 5.38 Å². The molecule has 0 aliphatic rings. The maximum atomic E-state index is 11.6. The molecule has 1 atom stereocenters. The summed E-state index contributed by atoms with van der Waals surface area (Å²) >= 11 is 16.7. The van der Waals surface area contributed by atoms with E-state index in [2.05, 4.69) is 0 Å². The van der Waals surface area contributed by atoms with Crippen LogP contribution in [0.2, 0.25) is 0 Å². The summed E-state index contributed by atoms with van der Waals surface area (Å²) in [7, 11) is 0. The summed E-state index contributed by atoms with van der Waals surface area (Å²) in [5.41, 5.74) is 0. The van der Waals surface area contributed by atoms with E-state index >= 15 is 0 Å². The fourth-order valence-corrected chi connectivity index (χ4v) is 2.06. The molecule has 100 valence electrons. The number of halogens is 3. The lowest BCUT2D eigenvalue weighted by Gasteiger charge is -2.07. The standard InChI is InChI=1S/C12H19Cl3O2/c13-9-5-1-2-7-11(16)10(14)6-3-4-8-12(15)17/h10H,1-9H2. The summed E-state index contributed by atoms with van der Waals surface area (Å²) in [5.74, 6) is 0.740. The van der Waals surface area contributed by atoms with Crippen LogP contribution in [0.1, 0.15) is 51.4 Å². The first-order valence-corrected chi connectivity index (χ1v) is 7.34. The van der Waals surface area contributed by atoms with E-state index in [0.29, 0.717) is 31.6 Å². The Morgan fingerprint density at radius 2 is 1.59 bits per heavy atom. The molecule has 0 aliphatic heterocycles. The molecule has 0 amide bonds. The fraction of sp³-hybridized carbons (Fsp3) is 0.833. The molecule has 0 aromatic rings. The van der Waals surface area contributed by atoms with Crippen LogP contribution in [0.3, 0.4) is 0 Å². The Kier molecular flexibility index (Phi) is 11.4. The van der Waals surface area contributed by atoms with Crippen LogP contribution in [0.5, 0.6) is 0 Å². The monoisotopic (exact) mass is 300 g/mol. The van der Waals surface area contributed by atoms with Gasteiger partial charge in [-0.1, -0.05) is 12.8 Å². The molecule has 0 heterocycles. The van der Waals surface area contributed by atoms with Crippen LogP contribution in [0.4, 0.5) is 0 Å². The molecule has 0 aliphatic carbocycles. The molecule has 0 rings (SSSR count). The van der Waals surface area contributed by atoms with Crippen molar-refractivity contribution in [2.75, 3.05) is 5.88 Å². The molecule has 17 heavy (non-hydrogen) atoms. The van der Waals surface area contributed by atoms with Gasteiger partial charge in [-0.25, -0.2) is 0 Å². The minimum absolute atomic E-state index is 0.0958. The zero-order valence-electron chi connectivity index (χ0n) is 9.89. The first-order valence-electron chi connectivity index (χ1n) is 5.99. The molecular weight excluding hydrogens is 282 g/mol. The third-order valence-electron chi connectivity index (χ3n) is 2.49. The molecule has 1 unspecified atom stereocenters. The molecule has 0 saturated carbocycles. The van der Waals surface area contributed by atoms with Crippen molar-refractivity contribution in [2.24, 2.45) is 0 Å². The minimum Gasteiger partial charge on any atom is -0.298 e. The molecule has 2 nitrogen and oxygen atoms in total. The van der Waals surface area contributed by atoms with Gasteiger partial charge in [0, 0.05) is 18.7 Å². The van der Waals surface area contributed by atoms with Gasteiger partial charge in [-0.05, 0) is 37.3 Å². The zero-order chi connectivity index (χ0) is 13.1. The van der Waals surface area contributed by atoms with Gasteiger partial charge in [-0.2, -0.15) is 0 Å². The Morgan fingerprint density at radius 3 is 2.18 bits per heavy atom. The van der Waals surface area contributed by atoms with Gasteiger partial charge in [0.2, 0.25) is 5.24 Å². The number of unbranched alkanes of at least 4 members (excludes halogenated alkanes) is 3. The van der Waals surface area contributed by atoms with E-state index in [1.807, 2.05) is 0 Å². The first-order chi connectivity index (χ1) is 8.07. The van der Waals surface area contributed by atoms with Gasteiger partial charge >= 0.3 is 0 Å². The number of carbonyl (C=O) groups excluding carboxylic acids is 2. The lowest BCUT2D eigenvalue weighted by molar-refractivity contribution is -0.119. The number of rotatable bonds is 11. The quantitative estimate of drug-likeness (QED) is 0.324. The summed E-state index contributed by atoms with van der Waals surface area (Å²) in [6.07, 6.45) is 5.74. The predicted molar refractivity (Wildman–Crippen MR) is 73.2 cm³/mol. The Bertz CT molecular complexity index is 232. The second-order valence-corrected chi connectivity index (χ2v) is 5.36. The van der Waals surface area contributed by atoms with E-state index in [1.165, 1.54) is 0 Å². The Labute approximate surface area is 118 Å².